The van der Waals surface area contributed by atoms with Crippen molar-refractivity contribution in [2.45, 2.75) is 19.4 Å². The lowest BCUT2D eigenvalue weighted by molar-refractivity contribution is 0.102. The average molecular weight is 368 g/mol. The zero-order valence-electron chi connectivity index (χ0n) is 14.0. The maximum atomic E-state index is 12.9. The Morgan fingerprint density at radius 1 is 1.15 bits per heavy atom. The summed E-state index contributed by atoms with van der Waals surface area (Å²) in [5.74, 6) is -0.678. The number of hydrogen-bond donors (Lipinski definition) is 1. The Morgan fingerprint density at radius 3 is 2.81 bits per heavy atom. The normalized spacial score (nSPS) is 13.3. The minimum atomic E-state index is -0.344. The standard InChI is InChI=1S/C19H17FN4OS/c20-14-7-9-15(10-8-14)21-18(25)19-23-22-17(26-19)12-24-11-3-5-13-4-1-2-6-16(13)24/h1-2,4,6-10H,3,5,11-12H2,(H,21,25). The predicted molar refractivity (Wildman–Crippen MR) is 100 cm³/mol. The first-order chi connectivity index (χ1) is 12.7. The smallest absolute Gasteiger partial charge is 0.286 e. The third kappa shape index (κ3) is 3.57. The molecule has 132 valence electrons. The van der Waals surface area contributed by atoms with Gasteiger partial charge >= 0.3 is 0 Å². The van der Waals surface area contributed by atoms with Crippen molar-refractivity contribution in [3.63, 3.8) is 0 Å². The molecule has 2 aromatic carbocycles. The molecular weight excluding hydrogens is 351 g/mol. The van der Waals surface area contributed by atoms with Crippen LogP contribution in [0.1, 0.15) is 26.8 Å². The Kier molecular flexibility index (Phi) is 4.62. The minimum absolute atomic E-state index is 0.301. The number of amides is 1. The first-order valence-electron chi connectivity index (χ1n) is 8.41. The number of aryl methyl sites for hydroxylation is 1. The molecule has 0 fully saturated rings. The van der Waals surface area contributed by atoms with Gasteiger partial charge in [-0.1, -0.05) is 29.5 Å². The Hall–Kier alpha value is -2.80. The fraction of sp³-hybridized carbons (Fsp3) is 0.211. The highest BCUT2D eigenvalue weighted by Gasteiger charge is 2.19. The molecule has 1 N–H and O–H groups in total. The lowest BCUT2D eigenvalue weighted by atomic mass is 10.0. The number of rotatable bonds is 4. The number of nitrogens with zero attached hydrogens (tertiary/aromatic N) is 3. The lowest BCUT2D eigenvalue weighted by Gasteiger charge is -2.30. The van der Waals surface area contributed by atoms with Crippen molar-refractivity contribution < 1.29 is 9.18 Å². The third-order valence-electron chi connectivity index (χ3n) is 4.30. The van der Waals surface area contributed by atoms with Crippen LogP contribution in [0.2, 0.25) is 0 Å². The molecule has 0 unspecified atom stereocenters. The van der Waals surface area contributed by atoms with Crippen LogP contribution in [0.3, 0.4) is 0 Å². The summed E-state index contributed by atoms with van der Waals surface area (Å²) in [5.41, 5.74) is 3.10. The van der Waals surface area contributed by atoms with Gasteiger partial charge in [0.2, 0.25) is 5.01 Å². The van der Waals surface area contributed by atoms with Gasteiger partial charge in [-0.3, -0.25) is 4.79 Å². The second-order valence-electron chi connectivity index (χ2n) is 6.12. The fourth-order valence-corrected chi connectivity index (χ4v) is 3.82. The van der Waals surface area contributed by atoms with E-state index in [1.54, 1.807) is 0 Å². The second kappa shape index (κ2) is 7.21. The average Bonchev–Trinajstić information content (AvgIpc) is 3.13. The second-order valence-corrected chi connectivity index (χ2v) is 7.18. The number of carbonyl (C=O) groups is 1. The van der Waals surface area contributed by atoms with Crippen LogP contribution in [0.25, 0.3) is 0 Å². The molecular formula is C19H17FN4OS. The van der Waals surface area contributed by atoms with E-state index in [0.717, 1.165) is 24.4 Å². The van der Waals surface area contributed by atoms with Gasteiger partial charge in [0, 0.05) is 17.9 Å². The summed E-state index contributed by atoms with van der Waals surface area (Å²) in [4.78, 5) is 14.6. The van der Waals surface area contributed by atoms with Gasteiger partial charge in [-0.15, -0.1) is 10.2 Å². The van der Waals surface area contributed by atoms with Crippen LogP contribution in [-0.4, -0.2) is 22.6 Å². The quantitative estimate of drug-likeness (QED) is 0.759. The van der Waals surface area contributed by atoms with E-state index in [1.165, 1.54) is 46.9 Å². The zero-order chi connectivity index (χ0) is 17.9. The van der Waals surface area contributed by atoms with E-state index in [9.17, 15) is 9.18 Å². The molecule has 0 bridgehead atoms. The summed E-state index contributed by atoms with van der Waals surface area (Å²) >= 11 is 1.28. The van der Waals surface area contributed by atoms with Crippen LogP contribution in [0, 0.1) is 5.82 Å². The Balaban J connectivity index is 1.45. The Bertz CT molecular complexity index is 925. The van der Waals surface area contributed by atoms with Crippen molar-refractivity contribution in [1.82, 2.24) is 10.2 Å². The fourth-order valence-electron chi connectivity index (χ4n) is 3.07. The zero-order valence-corrected chi connectivity index (χ0v) is 14.8. The van der Waals surface area contributed by atoms with Crippen LogP contribution < -0.4 is 10.2 Å². The molecule has 0 saturated heterocycles. The van der Waals surface area contributed by atoms with Gasteiger partial charge in [-0.05, 0) is 48.7 Å². The number of hydrogen-bond acceptors (Lipinski definition) is 5. The van der Waals surface area contributed by atoms with Crippen LogP contribution in [0.5, 0.6) is 0 Å². The number of carbonyl (C=O) groups excluding carboxylic acids is 1. The molecule has 26 heavy (non-hydrogen) atoms. The number of benzene rings is 2. The summed E-state index contributed by atoms with van der Waals surface area (Å²) < 4.78 is 12.9. The summed E-state index contributed by atoms with van der Waals surface area (Å²) in [5, 5.41) is 12.0. The predicted octanol–water partition coefficient (Wildman–Crippen LogP) is 3.88. The van der Waals surface area contributed by atoms with Gasteiger partial charge in [0.1, 0.15) is 10.8 Å². The first-order valence-corrected chi connectivity index (χ1v) is 9.23. The number of aromatic nitrogens is 2. The first kappa shape index (κ1) is 16.7. The molecule has 2 heterocycles. The molecule has 3 aromatic rings. The maximum absolute atomic E-state index is 12.9. The molecule has 1 amide bonds. The van der Waals surface area contributed by atoms with E-state index in [1.807, 2.05) is 6.07 Å². The number of fused-ring (bicyclic) bond motifs is 1. The van der Waals surface area contributed by atoms with Crippen molar-refractivity contribution in [1.29, 1.82) is 0 Å². The third-order valence-corrected chi connectivity index (χ3v) is 5.20. The lowest BCUT2D eigenvalue weighted by Crippen LogP contribution is -2.28. The van der Waals surface area contributed by atoms with Crippen molar-refractivity contribution in [3.8, 4) is 0 Å². The highest BCUT2D eigenvalue weighted by Crippen LogP contribution is 2.28. The van der Waals surface area contributed by atoms with Gasteiger partial charge in [0.05, 0.1) is 6.54 Å². The summed E-state index contributed by atoms with van der Waals surface area (Å²) in [7, 11) is 0. The summed E-state index contributed by atoms with van der Waals surface area (Å²) in [6.45, 7) is 1.60. The van der Waals surface area contributed by atoms with Gasteiger partial charge in [-0.2, -0.15) is 0 Å². The SMILES string of the molecule is O=C(Nc1ccc(F)cc1)c1nnc(CN2CCCc3ccccc32)s1. The minimum Gasteiger partial charge on any atom is -0.364 e. The van der Waals surface area contributed by atoms with Crippen LogP contribution >= 0.6 is 11.3 Å². The highest BCUT2D eigenvalue weighted by atomic mass is 32.1. The van der Waals surface area contributed by atoms with Crippen molar-refractivity contribution in [3.05, 3.63) is 69.9 Å². The monoisotopic (exact) mass is 368 g/mol. The van der Waals surface area contributed by atoms with E-state index in [-0.39, 0.29) is 11.7 Å². The molecule has 1 aromatic heterocycles. The van der Waals surface area contributed by atoms with Gasteiger partial charge < -0.3 is 10.2 Å². The van der Waals surface area contributed by atoms with Crippen LogP contribution in [0.4, 0.5) is 15.8 Å². The summed E-state index contributed by atoms with van der Waals surface area (Å²) in [6.07, 6.45) is 2.20. The van der Waals surface area contributed by atoms with Crippen LogP contribution in [0.15, 0.2) is 48.5 Å². The molecule has 4 rings (SSSR count). The van der Waals surface area contributed by atoms with Crippen molar-refractivity contribution >= 4 is 28.6 Å². The molecule has 1 aliphatic rings. The largest absolute Gasteiger partial charge is 0.364 e. The van der Waals surface area contributed by atoms with Crippen molar-refractivity contribution in [2.24, 2.45) is 0 Å². The Morgan fingerprint density at radius 2 is 1.96 bits per heavy atom. The topological polar surface area (TPSA) is 58.1 Å². The van der Waals surface area contributed by atoms with Gasteiger partial charge in [0.15, 0.2) is 0 Å². The van der Waals surface area contributed by atoms with E-state index in [2.05, 4.69) is 38.6 Å². The highest BCUT2D eigenvalue weighted by molar-refractivity contribution is 7.13. The van der Waals surface area contributed by atoms with E-state index in [4.69, 9.17) is 0 Å². The maximum Gasteiger partial charge on any atom is 0.286 e. The van der Waals surface area contributed by atoms with E-state index in [0.29, 0.717) is 17.2 Å². The van der Waals surface area contributed by atoms with Gasteiger partial charge in [-0.25, -0.2) is 4.39 Å². The number of anilines is 2. The van der Waals surface area contributed by atoms with E-state index >= 15 is 0 Å². The number of para-hydroxylation sites is 1. The van der Waals surface area contributed by atoms with Crippen LogP contribution in [-0.2, 0) is 13.0 Å². The van der Waals surface area contributed by atoms with Gasteiger partial charge in [0.25, 0.3) is 5.91 Å². The molecule has 0 radical (unpaired) electrons. The molecule has 0 spiro atoms. The molecule has 7 heteroatoms. The van der Waals surface area contributed by atoms with Crippen molar-refractivity contribution in [2.75, 3.05) is 16.8 Å². The number of nitrogens with one attached hydrogen (secondary N) is 1. The Labute approximate surface area is 154 Å². The molecule has 0 aliphatic carbocycles. The molecule has 0 atom stereocenters. The molecule has 1 aliphatic heterocycles. The summed E-state index contributed by atoms with van der Waals surface area (Å²) in [6, 6.07) is 14.0. The molecule has 0 saturated carbocycles. The van der Waals surface area contributed by atoms with E-state index < -0.39 is 0 Å². The number of halogens is 1. The molecule has 5 nitrogen and oxygen atoms in total.